The zero-order valence-corrected chi connectivity index (χ0v) is 15.6. The second-order valence-corrected chi connectivity index (χ2v) is 7.23. The highest BCUT2D eigenvalue weighted by atomic mass is 35.5. The number of unbranched alkanes of at least 4 members (excludes halogenated alkanes) is 5. The van der Waals surface area contributed by atoms with E-state index in [9.17, 15) is 5.11 Å². The summed E-state index contributed by atoms with van der Waals surface area (Å²) in [4.78, 5) is 6.55. The number of nitrogens with zero attached hydrogens (tertiary/aromatic N) is 3. The first-order valence-electron chi connectivity index (χ1n) is 9.25. The van der Waals surface area contributed by atoms with Crippen LogP contribution in [0.25, 0.3) is 0 Å². The van der Waals surface area contributed by atoms with E-state index in [2.05, 4.69) is 11.9 Å². The van der Waals surface area contributed by atoms with E-state index in [1.54, 1.807) is 6.20 Å². The first-order valence-corrected chi connectivity index (χ1v) is 9.63. The fraction of sp³-hybridized carbons (Fsp3) is 0.500. The van der Waals surface area contributed by atoms with Gasteiger partial charge in [-0.1, -0.05) is 67.7 Å². The molecule has 0 saturated heterocycles. The zero-order chi connectivity index (χ0) is 17.7. The lowest BCUT2D eigenvalue weighted by Gasteiger charge is -2.28. The minimum absolute atomic E-state index is 0.480. The molecule has 0 radical (unpaired) electrons. The monoisotopic (exact) mass is 360 g/mol. The minimum Gasteiger partial charge on any atom is -0.353 e. The number of rotatable bonds is 8. The lowest BCUT2D eigenvalue weighted by Crippen LogP contribution is -2.46. The van der Waals surface area contributed by atoms with Crippen LogP contribution in [0.4, 0.5) is 5.95 Å². The first-order chi connectivity index (χ1) is 12.1. The molecule has 0 unspecified atom stereocenters. The van der Waals surface area contributed by atoms with Gasteiger partial charge in [0.1, 0.15) is 12.7 Å². The van der Waals surface area contributed by atoms with E-state index < -0.39 is 5.72 Å². The maximum atomic E-state index is 11.5. The Morgan fingerprint density at radius 3 is 2.64 bits per heavy atom. The Balaban J connectivity index is 1.76. The molecule has 1 aromatic heterocycles. The smallest absolute Gasteiger partial charge is 0.353 e. The molecule has 1 aromatic carbocycles. The third kappa shape index (κ3) is 3.96. The second kappa shape index (κ2) is 8.15. The largest absolute Gasteiger partial charge is 0.396 e. The Labute approximate surface area is 155 Å². The van der Waals surface area contributed by atoms with Crippen LogP contribution in [0.2, 0.25) is 5.02 Å². The summed E-state index contributed by atoms with van der Waals surface area (Å²) < 4.78 is 2.02. The summed E-state index contributed by atoms with van der Waals surface area (Å²) in [6, 6.07) is 9.38. The second-order valence-electron chi connectivity index (χ2n) is 6.79. The van der Waals surface area contributed by atoms with Crippen molar-refractivity contribution >= 4 is 17.5 Å². The van der Waals surface area contributed by atoms with Gasteiger partial charge in [-0.15, -0.1) is 0 Å². The Morgan fingerprint density at radius 2 is 1.88 bits per heavy atom. The summed E-state index contributed by atoms with van der Waals surface area (Å²) in [5, 5.41) is 12.2. The molecule has 1 atom stereocenters. The molecule has 1 aliphatic rings. The normalized spacial score (nSPS) is 19.2. The molecule has 1 N–H and O–H groups in total. The van der Waals surface area contributed by atoms with Crippen molar-refractivity contribution in [2.24, 2.45) is 0 Å². The van der Waals surface area contributed by atoms with E-state index in [0.717, 1.165) is 24.5 Å². The van der Waals surface area contributed by atoms with Gasteiger partial charge in [-0.25, -0.2) is 9.47 Å². The topological polar surface area (TPSA) is 40.2 Å². The maximum Gasteiger partial charge on any atom is 0.396 e. The van der Waals surface area contributed by atoms with Crippen molar-refractivity contribution in [1.82, 2.24) is 4.98 Å². The molecule has 4 nitrogen and oxygen atoms in total. The molecular formula is C20H27ClN3O+. The van der Waals surface area contributed by atoms with Gasteiger partial charge in [0, 0.05) is 16.7 Å². The summed E-state index contributed by atoms with van der Waals surface area (Å²) in [5.74, 6) is 0.827. The Kier molecular flexibility index (Phi) is 5.92. The first kappa shape index (κ1) is 18.2. The molecule has 1 aliphatic heterocycles. The molecule has 25 heavy (non-hydrogen) atoms. The molecule has 2 heterocycles. The van der Waals surface area contributed by atoms with Crippen LogP contribution in [0, 0.1) is 0 Å². The molecule has 0 saturated carbocycles. The number of fused-ring (bicyclic) bond motifs is 1. The van der Waals surface area contributed by atoms with Gasteiger partial charge in [-0.2, -0.15) is 0 Å². The number of benzene rings is 1. The number of hydrogen-bond donors (Lipinski definition) is 1. The third-order valence-electron chi connectivity index (χ3n) is 4.92. The van der Waals surface area contributed by atoms with Crippen molar-refractivity contribution in [3.63, 3.8) is 0 Å². The van der Waals surface area contributed by atoms with Gasteiger partial charge in [0.15, 0.2) is 0 Å². The molecule has 0 amide bonds. The summed E-state index contributed by atoms with van der Waals surface area (Å²) in [5.41, 5.74) is -0.219. The van der Waals surface area contributed by atoms with E-state index in [-0.39, 0.29) is 0 Å². The van der Waals surface area contributed by atoms with Crippen LogP contribution in [0.5, 0.6) is 0 Å². The van der Waals surface area contributed by atoms with E-state index >= 15 is 0 Å². The summed E-state index contributed by atoms with van der Waals surface area (Å²) in [7, 11) is 0. The number of anilines is 1. The molecule has 5 heteroatoms. The molecule has 0 bridgehead atoms. The number of halogens is 1. The average molecular weight is 361 g/mol. The third-order valence-corrected chi connectivity index (χ3v) is 5.17. The summed E-state index contributed by atoms with van der Waals surface area (Å²) in [6.07, 6.45) is 11.1. The van der Waals surface area contributed by atoms with Gasteiger partial charge in [0.2, 0.25) is 5.72 Å². The van der Waals surface area contributed by atoms with E-state index in [4.69, 9.17) is 11.6 Å². The quantitative estimate of drug-likeness (QED) is 0.570. The average Bonchev–Trinajstić information content (AvgIpc) is 2.91. The Hall–Kier alpha value is -1.65. The van der Waals surface area contributed by atoms with Crippen LogP contribution in [0.1, 0.15) is 51.0 Å². The lowest BCUT2D eigenvalue weighted by atomic mass is 10.0. The van der Waals surface area contributed by atoms with Crippen molar-refractivity contribution in [2.45, 2.75) is 57.7 Å². The maximum absolute atomic E-state index is 11.5. The number of hydrogen-bond acceptors (Lipinski definition) is 3. The van der Waals surface area contributed by atoms with Gasteiger partial charge >= 0.3 is 5.95 Å². The molecular weight excluding hydrogens is 334 g/mol. The molecule has 0 spiro atoms. The predicted octanol–water partition coefficient (Wildman–Crippen LogP) is 4.05. The minimum atomic E-state index is -1.07. The van der Waals surface area contributed by atoms with E-state index in [1.807, 2.05) is 46.0 Å². The number of aliphatic hydroxyl groups is 1. The van der Waals surface area contributed by atoms with Gasteiger partial charge < -0.3 is 5.11 Å². The van der Waals surface area contributed by atoms with Crippen molar-refractivity contribution in [3.05, 3.63) is 53.3 Å². The van der Waals surface area contributed by atoms with Crippen LogP contribution >= 0.6 is 11.6 Å². The van der Waals surface area contributed by atoms with Crippen LogP contribution in [-0.2, 0) is 12.3 Å². The van der Waals surface area contributed by atoms with E-state index in [1.165, 1.54) is 32.1 Å². The predicted molar refractivity (Wildman–Crippen MR) is 101 cm³/mol. The van der Waals surface area contributed by atoms with Gasteiger partial charge in [0.05, 0.1) is 12.7 Å². The fourth-order valence-corrected chi connectivity index (χ4v) is 3.65. The number of aromatic nitrogens is 2. The van der Waals surface area contributed by atoms with Crippen LogP contribution in [0.3, 0.4) is 0 Å². The highest BCUT2D eigenvalue weighted by Gasteiger charge is 2.51. The van der Waals surface area contributed by atoms with Gasteiger partial charge in [-0.3, -0.25) is 0 Å². The molecule has 0 aliphatic carbocycles. The standard InChI is InChI=1S/C20H27ClN3O/c1-2-3-4-5-6-7-15-24-19-22-13-8-14-23(19)16-20(24,25)17-9-11-18(21)12-10-17/h8-14,25H,2-7,15-16H2,1H3/q+1/t20-/m1/s1. The molecule has 134 valence electrons. The Bertz CT molecular complexity index is 692. The van der Waals surface area contributed by atoms with Crippen LogP contribution in [0.15, 0.2) is 42.7 Å². The van der Waals surface area contributed by atoms with Crippen molar-refractivity contribution < 1.29 is 9.67 Å². The molecule has 0 fully saturated rings. The highest BCUT2D eigenvalue weighted by molar-refractivity contribution is 6.30. The van der Waals surface area contributed by atoms with Crippen molar-refractivity contribution in [3.8, 4) is 0 Å². The van der Waals surface area contributed by atoms with E-state index in [0.29, 0.717) is 11.6 Å². The lowest BCUT2D eigenvalue weighted by molar-refractivity contribution is -0.685. The highest BCUT2D eigenvalue weighted by Crippen LogP contribution is 2.34. The van der Waals surface area contributed by atoms with Gasteiger partial charge in [0.25, 0.3) is 0 Å². The van der Waals surface area contributed by atoms with Crippen LogP contribution < -0.4 is 9.47 Å². The van der Waals surface area contributed by atoms with Crippen molar-refractivity contribution in [2.75, 3.05) is 11.4 Å². The summed E-state index contributed by atoms with van der Waals surface area (Å²) >= 11 is 6.02. The van der Waals surface area contributed by atoms with Gasteiger partial charge in [-0.05, 0) is 18.6 Å². The Morgan fingerprint density at radius 1 is 1.16 bits per heavy atom. The fourth-order valence-electron chi connectivity index (χ4n) is 3.53. The SMILES string of the molecule is CCCCCCCCN1c2nccc[n+]2C[C@@]1(O)c1ccc(Cl)cc1. The summed E-state index contributed by atoms with van der Waals surface area (Å²) in [6.45, 7) is 3.51. The van der Waals surface area contributed by atoms with Crippen LogP contribution in [-0.4, -0.2) is 16.6 Å². The van der Waals surface area contributed by atoms with Crippen molar-refractivity contribution in [1.29, 1.82) is 0 Å². The molecule has 2 aromatic rings. The zero-order valence-electron chi connectivity index (χ0n) is 14.9. The molecule has 3 rings (SSSR count).